The van der Waals surface area contributed by atoms with Gasteiger partial charge < -0.3 is 14.8 Å². The molecule has 0 spiro atoms. The number of amides is 1. The van der Waals surface area contributed by atoms with Crippen molar-refractivity contribution in [3.63, 3.8) is 0 Å². The average molecular weight is 263 g/mol. The first-order valence-electron chi connectivity index (χ1n) is 7.01. The van der Waals surface area contributed by atoms with Crippen LogP contribution in [-0.2, 0) is 11.3 Å². The summed E-state index contributed by atoms with van der Waals surface area (Å²) >= 11 is 0. The van der Waals surface area contributed by atoms with Crippen LogP contribution in [0.25, 0.3) is 0 Å². The molecule has 1 amide bonds. The minimum atomic E-state index is 0.264. The molecule has 0 aromatic carbocycles. The summed E-state index contributed by atoms with van der Waals surface area (Å²) in [7, 11) is 0. The number of likely N-dealkylation sites (tertiary alicyclic amines) is 1. The van der Waals surface area contributed by atoms with Crippen molar-refractivity contribution >= 4 is 5.91 Å². The molecule has 3 heterocycles. The maximum atomic E-state index is 12.0. The summed E-state index contributed by atoms with van der Waals surface area (Å²) in [4.78, 5) is 20.5. The second kappa shape index (κ2) is 5.71. The Bertz CT molecular complexity index is 407. The van der Waals surface area contributed by atoms with E-state index in [1.54, 1.807) is 12.5 Å². The van der Waals surface area contributed by atoms with Crippen LogP contribution in [0.2, 0.25) is 0 Å². The first kappa shape index (κ1) is 12.6. The van der Waals surface area contributed by atoms with Crippen LogP contribution in [-0.4, -0.2) is 70.6 Å². The molecule has 0 saturated carbocycles. The largest absolute Gasteiger partial charge is 0.339 e. The lowest BCUT2D eigenvalue weighted by Gasteiger charge is -2.46. The minimum absolute atomic E-state index is 0.264. The van der Waals surface area contributed by atoms with E-state index in [4.69, 9.17) is 0 Å². The van der Waals surface area contributed by atoms with E-state index in [0.717, 1.165) is 45.8 Å². The zero-order chi connectivity index (χ0) is 13.1. The maximum absolute atomic E-state index is 12.0. The summed E-state index contributed by atoms with van der Waals surface area (Å²) in [6.07, 6.45) is 5.97. The van der Waals surface area contributed by atoms with E-state index >= 15 is 0 Å². The lowest BCUT2D eigenvalue weighted by atomic mass is 10.1. The monoisotopic (exact) mass is 263 g/mol. The molecule has 104 valence electrons. The number of carbonyl (C=O) groups is 1. The lowest BCUT2D eigenvalue weighted by Crippen LogP contribution is -2.63. The van der Waals surface area contributed by atoms with Crippen LogP contribution in [0, 0.1) is 0 Å². The molecule has 0 aliphatic carbocycles. The van der Waals surface area contributed by atoms with Gasteiger partial charge in [-0.2, -0.15) is 0 Å². The summed E-state index contributed by atoms with van der Waals surface area (Å²) in [5, 5.41) is 3.36. The molecular weight excluding hydrogens is 242 g/mol. The molecule has 2 fully saturated rings. The third-order valence-electron chi connectivity index (χ3n) is 4.03. The van der Waals surface area contributed by atoms with Gasteiger partial charge in [-0.25, -0.2) is 4.98 Å². The smallest absolute Gasteiger partial charge is 0.224 e. The number of rotatable bonds is 4. The fourth-order valence-corrected chi connectivity index (χ4v) is 2.74. The van der Waals surface area contributed by atoms with Crippen LogP contribution in [0.3, 0.4) is 0 Å². The highest BCUT2D eigenvalue weighted by atomic mass is 16.2. The maximum Gasteiger partial charge on any atom is 0.224 e. The molecule has 0 bridgehead atoms. The molecular formula is C13H21N5O. The second-order valence-electron chi connectivity index (χ2n) is 5.29. The number of carbonyl (C=O) groups excluding carboxylic acids is 1. The third-order valence-corrected chi connectivity index (χ3v) is 4.03. The van der Waals surface area contributed by atoms with Crippen molar-refractivity contribution in [2.45, 2.75) is 19.0 Å². The zero-order valence-electron chi connectivity index (χ0n) is 11.2. The Kier molecular flexibility index (Phi) is 3.79. The van der Waals surface area contributed by atoms with Gasteiger partial charge >= 0.3 is 0 Å². The van der Waals surface area contributed by atoms with E-state index in [9.17, 15) is 4.79 Å². The Morgan fingerprint density at radius 2 is 2.11 bits per heavy atom. The van der Waals surface area contributed by atoms with Crippen LogP contribution in [0.15, 0.2) is 18.7 Å². The van der Waals surface area contributed by atoms with Gasteiger partial charge in [0.2, 0.25) is 5.91 Å². The van der Waals surface area contributed by atoms with Crippen molar-refractivity contribution in [3.05, 3.63) is 18.7 Å². The van der Waals surface area contributed by atoms with Gasteiger partial charge in [0.25, 0.3) is 0 Å². The Balaban J connectivity index is 1.39. The fraction of sp³-hybridized carbons (Fsp3) is 0.692. The quantitative estimate of drug-likeness (QED) is 0.787. The van der Waals surface area contributed by atoms with Gasteiger partial charge in [-0.05, 0) is 0 Å². The highest BCUT2D eigenvalue weighted by molar-refractivity contribution is 5.77. The predicted molar refractivity (Wildman–Crippen MR) is 71.7 cm³/mol. The van der Waals surface area contributed by atoms with Gasteiger partial charge in [-0.3, -0.25) is 9.69 Å². The summed E-state index contributed by atoms with van der Waals surface area (Å²) < 4.78 is 1.95. The Labute approximate surface area is 113 Å². The number of aromatic nitrogens is 2. The van der Waals surface area contributed by atoms with Crippen molar-refractivity contribution in [3.8, 4) is 0 Å². The summed E-state index contributed by atoms with van der Waals surface area (Å²) in [6, 6.07) is 0.583. The lowest BCUT2D eigenvalue weighted by molar-refractivity contribution is -0.139. The first-order chi connectivity index (χ1) is 9.33. The molecule has 3 rings (SSSR count). The number of piperazine rings is 1. The highest BCUT2D eigenvalue weighted by Gasteiger charge is 2.34. The number of hydrogen-bond donors (Lipinski definition) is 1. The summed E-state index contributed by atoms with van der Waals surface area (Å²) in [6.45, 7) is 6.92. The van der Waals surface area contributed by atoms with E-state index < -0.39 is 0 Å². The molecule has 6 heteroatoms. The molecule has 2 aliphatic rings. The Morgan fingerprint density at radius 3 is 2.79 bits per heavy atom. The molecule has 1 aromatic rings. The van der Waals surface area contributed by atoms with Crippen molar-refractivity contribution in [1.29, 1.82) is 0 Å². The van der Waals surface area contributed by atoms with E-state index in [1.807, 2.05) is 15.7 Å². The normalized spacial score (nSPS) is 21.4. The molecule has 1 aromatic heterocycles. The molecule has 0 atom stereocenters. The van der Waals surface area contributed by atoms with E-state index in [-0.39, 0.29) is 5.91 Å². The van der Waals surface area contributed by atoms with Gasteiger partial charge in [-0.15, -0.1) is 0 Å². The van der Waals surface area contributed by atoms with Crippen molar-refractivity contribution in [1.82, 2.24) is 24.7 Å². The number of aryl methyl sites for hydroxylation is 1. The first-order valence-corrected chi connectivity index (χ1v) is 7.01. The van der Waals surface area contributed by atoms with Crippen LogP contribution in [0.4, 0.5) is 0 Å². The van der Waals surface area contributed by atoms with Crippen molar-refractivity contribution < 1.29 is 4.79 Å². The Hall–Kier alpha value is -1.40. The summed E-state index contributed by atoms with van der Waals surface area (Å²) in [5.74, 6) is 0.264. The van der Waals surface area contributed by atoms with Crippen LogP contribution >= 0.6 is 0 Å². The van der Waals surface area contributed by atoms with Crippen LogP contribution < -0.4 is 5.32 Å². The highest BCUT2D eigenvalue weighted by Crippen LogP contribution is 2.16. The minimum Gasteiger partial charge on any atom is -0.339 e. The molecule has 6 nitrogen and oxygen atoms in total. The summed E-state index contributed by atoms with van der Waals surface area (Å²) in [5.41, 5.74) is 0. The molecule has 0 unspecified atom stereocenters. The van der Waals surface area contributed by atoms with Gasteiger partial charge in [0, 0.05) is 70.7 Å². The molecule has 0 radical (unpaired) electrons. The van der Waals surface area contributed by atoms with Crippen LogP contribution in [0.5, 0.6) is 0 Å². The third kappa shape index (κ3) is 2.96. The number of nitrogens with one attached hydrogen (secondary N) is 1. The van der Waals surface area contributed by atoms with Gasteiger partial charge in [-0.1, -0.05) is 0 Å². The van der Waals surface area contributed by atoms with E-state index in [1.165, 1.54) is 0 Å². The number of nitrogens with zero attached hydrogens (tertiary/aromatic N) is 4. The molecule has 1 N–H and O–H groups in total. The standard InChI is InChI=1S/C13H21N5O/c19-13(1-5-16-6-2-15-11-16)18-9-12(10-18)17-7-3-14-4-8-17/h2,6,11-12,14H,1,3-5,7-10H2. The van der Waals surface area contributed by atoms with E-state index in [2.05, 4.69) is 15.2 Å². The number of imidazole rings is 1. The predicted octanol–water partition coefficient (Wildman–Crippen LogP) is -0.611. The van der Waals surface area contributed by atoms with Crippen molar-refractivity contribution in [2.75, 3.05) is 39.3 Å². The fourth-order valence-electron chi connectivity index (χ4n) is 2.74. The van der Waals surface area contributed by atoms with Gasteiger partial charge in [0.1, 0.15) is 0 Å². The average Bonchev–Trinajstić information content (AvgIpc) is 2.89. The van der Waals surface area contributed by atoms with Crippen LogP contribution in [0.1, 0.15) is 6.42 Å². The van der Waals surface area contributed by atoms with E-state index in [0.29, 0.717) is 12.5 Å². The van der Waals surface area contributed by atoms with Crippen molar-refractivity contribution in [2.24, 2.45) is 0 Å². The van der Waals surface area contributed by atoms with Gasteiger partial charge in [0.05, 0.1) is 6.33 Å². The number of hydrogen-bond acceptors (Lipinski definition) is 4. The second-order valence-corrected chi connectivity index (χ2v) is 5.29. The Morgan fingerprint density at radius 1 is 1.32 bits per heavy atom. The topological polar surface area (TPSA) is 53.4 Å². The van der Waals surface area contributed by atoms with Gasteiger partial charge in [0.15, 0.2) is 0 Å². The zero-order valence-corrected chi connectivity index (χ0v) is 11.2. The SMILES string of the molecule is O=C(CCn1ccnc1)N1CC(N2CCNCC2)C1. The molecule has 2 aliphatic heterocycles. The molecule has 2 saturated heterocycles. The molecule has 19 heavy (non-hydrogen) atoms.